The first-order valence-corrected chi connectivity index (χ1v) is 8.06. The van der Waals surface area contributed by atoms with E-state index in [-0.39, 0.29) is 12.2 Å². The van der Waals surface area contributed by atoms with Crippen LogP contribution in [0.5, 0.6) is 11.5 Å². The summed E-state index contributed by atoms with van der Waals surface area (Å²) in [7, 11) is 0. The molecule has 0 aromatic heterocycles. The van der Waals surface area contributed by atoms with E-state index in [1.165, 1.54) is 12.1 Å². The molecule has 2 N–H and O–H groups in total. The van der Waals surface area contributed by atoms with Gasteiger partial charge >= 0.3 is 0 Å². The number of fused-ring (bicyclic) bond motifs is 1. The van der Waals surface area contributed by atoms with Gasteiger partial charge < -0.3 is 9.47 Å². The van der Waals surface area contributed by atoms with E-state index in [1.54, 1.807) is 24.3 Å². The van der Waals surface area contributed by atoms with Crippen molar-refractivity contribution in [3.05, 3.63) is 57.4 Å². The zero-order chi connectivity index (χ0) is 17.1. The quantitative estimate of drug-likeness (QED) is 0.552. The minimum absolute atomic E-state index is 0.0240. The van der Waals surface area contributed by atoms with E-state index in [1.807, 2.05) is 22.6 Å². The third-order valence-corrected chi connectivity index (χ3v) is 4.21. The average Bonchev–Trinajstić information content (AvgIpc) is 2.61. The number of halogens is 2. The van der Waals surface area contributed by atoms with Crippen molar-refractivity contribution in [3.8, 4) is 11.5 Å². The maximum absolute atomic E-state index is 13.2. The van der Waals surface area contributed by atoms with Crippen molar-refractivity contribution < 1.29 is 23.5 Å². The van der Waals surface area contributed by atoms with Crippen LogP contribution in [0.25, 0.3) is 0 Å². The summed E-state index contributed by atoms with van der Waals surface area (Å²) in [6, 6.07) is 10.8. The number of carbonyl (C=O) groups excluding carboxylic acids is 2. The van der Waals surface area contributed by atoms with E-state index in [9.17, 15) is 14.0 Å². The van der Waals surface area contributed by atoms with E-state index in [4.69, 9.17) is 9.47 Å². The number of hydrogen-bond donors (Lipinski definition) is 2. The number of benzene rings is 2. The SMILES string of the molecule is O=C(NNC(=O)C1COc2ccccc2O1)c1cc(F)ccc1I. The molecule has 2 aromatic carbocycles. The van der Waals surface area contributed by atoms with Gasteiger partial charge in [0.1, 0.15) is 12.4 Å². The summed E-state index contributed by atoms with van der Waals surface area (Å²) in [5.41, 5.74) is 4.63. The predicted octanol–water partition coefficient (Wildman–Crippen LogP) is 2.03. The van der Waals surface area contributed by atoms with Gasteiger partial charge in [-0.25, -0.2) is 4.39 Å². The highest BCUT2D eigenvalue weighted by Crippen LogP contribution is 2.30. The van der Waals surface area contributed by atoms with E-state index in [2.05, 4.69) is 10.9 Å². The number of hydrazine groups is 1. The number of rotatable bonds is 2. The lowest BCUT2D eigenvalue weighted by molar-refractivity contribution is -0.131. The minimum Gasteiger partial charge on any atom is -0.485 e. The molecule has 0 aliphatic carbocycles. The number of para-hydroxylation sites is 2. The minimum atomic E-state index is -0.896. The summed E-state index contributed by atoms with van der Waals surface area (Å²) < 4.78 is 24.8. The summed E-state index contributed by atoms with van der Waals surface area (Å²) in [4.78, 5) is 24.1. The average molecular weight is 442 g/mol. The Morgan fingerprint density at radius 3 is 2.67 bits per heavy atom. The van der Waals surface area contributed by atoms with Gasteiger partial charge in [0.2, 0.25) is 6.10 Å². The molecule has 1 aliphatic heterocycles. The van der Waals surface area contributed by atoms with Crippen molar-refractivity contribution in [3.63, 3.8) is 0 Å². The van der Waals surface area contributed by atoms with E-state index < -0.39 is 23.7 Å². The van der Waals surface area contributed by atoms with E-state index >= 15 is 0 Å². The van der Waals surface area contributed by atoms with E-state index in [0.29, 0.717) is 15.1 Å². The third-order valence-electron chi connectivity index (χ3n) is 3.27. The molecule has 0 saturated carbocycles. The Bertz CT molecular complexity index is 799. The van der Waals surface area contributed by atoms with Gasteiger partial charge in [0, 0.05) is 3.57 Å². The van der Waals surface area contributed by atoms with Crippen LogP contribution in [0.2, 0.25) is 0 Å². The van der Waals surface area contributed by atoms with Gasteiger partial charge in [-0.1, -0.05) is 12.1 Å². The first kappa shape index (κ1) is 16.5. The van der Waals surface area contributed by atoms with Crippen LogP contribution in [0.1, 0.15) is 10.4 Å². The molecule has 24 heavy (non-hydrogen) atoms. The number of ether oxygens (including phenoxy) is 2. The van der Waals surface area contributed by atoms with Crippen molar-refractivity contribution >= 4 is 34.4 Å². The number of amides is 2. The van der Waals surface area contributed by atoms with Gasteiger partial charge in [-0.05, 0) is 52.9 Å². The molecular formula is C16H12FIN2O4. The molecule has 8 heteroatoms. The number of hydrogen-bond acceptors (Lipinski definition) is 4. The molecule has 0 bridgehead atoms. The van der Waals surface area contributed by atoms with Gasteiger partial charge in [0.25, 0.3) is 11.8 Å². The summed E-state index contributed by atoms with van der Waals surface area (Å²) in [5.74, 6) is -0.712. The maximum atomic E-state index is 13.2. The summed E-state index contributed by atoms with van der Waals surface area (Å²) in [6.07, 6.45) is -0.896. The van der Waals surface area contributed by atoms with Gasteiger partial charge in [-0.2, -0.15) is 0 Å². The zero-order valence-corrected chi connectivity index (χ0v) is 14.4. The fourth-order valence-corrected chi connectivity index (χ4v) is 2.67. The van der Waals surface area contributed by atoms with Crippen molar-refractivity contribution in [2.24, 2.45) is 0 Å². The Labute approximate surface area is 150 Å². The Morgan fingerprint density at radius 2 is 1.88 bits per heavy atom. The van der Waals surface area contributed by atoms with Crippen LogP contribution in [0.15, 0.2) is 42.5 Å². The summed E-state index contributed by atoms with van der Waals surface area (Å²) in [6.45, 7) is 0.0240. The molecule has 0 spiro atoms. The van der Waals surface area contributed by atoms with Crippen molar-refractivity contribution in [1.29, 1.82) is 0 Å². The Hall–Kier alpha value is -2.36. The van der Waals surface area contributed by atoms with E-state index in [0.717, 1.165) is 6.07 Å². The Balaban J connectivity index is 1.60. The molecule has 2 amide bonds. The fourth-order valence-electron chi connectivity index (χ4n) is 2.09. The summed E-state index contributed by atoms with van der Waals surface area (Å²) in [5, 5.41) is 0. The van der Waals surface area contributed by atoms with Crippen LogP contribution in [0, 0.1) is 9.39 Å². The highest BCUT2D eigenvalue weighted by Gasteiger charge is 2.27. The van der Waals surface area contributed by atoms with Crippen molar-refractivity contribution in [2.75, 3.05) is 6.61 Å². The molecule has 6 nitrogen and oxygen atoms in total. The molecule has 124 valence electrons. The lowest BCUT2D eigenvalue weighted by Gasteiger charge is -2.25. The van der Waals surface area contributed by atoms with Crippen LogP contribution >= 0.6 is 22.6 Å². The molecule has 0 saturated heterocycles. The van der Waals surface area contributed by atoms with Crippen LogP contribution in [0.3, 0.4) is 0 Å². The standard InChI is InChI=1S/C16H12FIN2O4/c17-9-5-6-11(18)10(7-9)15(21)19-20-16(22)14-8-23-12-3-1-2-4-13(12)24-14/h1-7,14H,8H2,(H,19,21)(H,20,22). The fraction of sp³-hybridized carbons (Fsp3) is 0.125. The molecule has 2 aromatic rings. The number of carbonyl (C=O) groups is 2. The normalized spacial score (nSPS) is 15.5. The lowest BCUT2D eigenvalue weighted by Crippen LogP contribution is -2.51. The molecule has 1 unspecified atom stereocenters. The Kier molecular flexibility index (Phi) is 4.84. The highest BCUT2D eigenvalue weighted by molar-refractivity contribution is 14.1. The summed E-state index contributed by atoms with van der Waals surface area (Å²) >= 11 is 1.91. The van der Waals surface area contributed by atoms with Crippen LogP contribution in [-0.2, 0) is 4.79 Å². The monoisotopic (exact) mass is 442 g/mol. The highest BCUT2D eigenvalue weighted by atomic mass is 127. The molecule has 3 rings (SSSR count). The van der Waals surface area contributed by atoms with Gasteiger partial charge in [-0.3, -0.25) is 20.4 Å². The van der Waals surface area contributed by atoms with Crippen LogP contribution in [-0.4, -0.2) is 24.5 Å². The Morgan fingerprint density at radius 1 is 1.12 bits per heavy atom. The molecular weight excluding hydrogens is 430 g/mol. The van der Waals surface area contributed by atoms with Crippen LogP contribution in [0.4, 0.5) is 4.39 Å². The molecule has 1 aliphatic rings. The largest absolute Gasteiger partial charge is 0.485 e. The van der Waals surface area contributed by atoms with Crippen molar-refractivity contribution in [1.82, 2.24) is 10.9 Å². The molecule has 0 radical (unpaired) electrons. The molecule has 0 fully saturated rings. The molecule has 1 atom stereocenters. The lowest BCUT2D eigenvalue weighted by atomic mass is 10.2. The zero-order valence-electron chi connectivity index (χ0n) is 12.2. The topological polar surface area (TPSA) is 76.7 Å². The number of nitrogens with one attached hydrogen (secondary N) is 2. The second-order valence-electron chi connectivity index (χ2n) is 4.93. The van der Waals surface area contributed by atoms with Gasteiger partial charge in [0.05, 0.1) is 5.56 Å². The molecule has 1 heterocycles. The second kappa shape index (κ2) is 7.04. The third kappa shape index (κ3) is 3.58. The second-order valence-corrected chi connectivity index (χ2v) is 6.09. The van der Waals surface area contributed by atoms with Crippen molar-refractivity contribution in [2.45, 2.75) is 6.10 Å². The first-order valence-electron chi connectivity index (χ1n) is 6.98. The maximum Gasteiger partial charge on any atom is 0.283 e. The smallest absolute Gasteiger partial charge is 0.283 e. The van der Waals surface area contributed by atoms with Gasteiger partial charge in [0.15, 0.2) is 11.5 Å². The van der Waals surface area contributed by atoms with Gasteiger partial charge in [-0.15, -0.1) is 0 Å². The predicted molar refractivity (Wildman–Crippen MR) is 91.1 cm³/mol. The van der Waals surface area contributed by atoms with Crippen LogP contribution < -0.4 is 20.3 Å². The first-order chi connectivity index (χ1) is 11.5.